The quantitative estimate of drug-likeness (QED) is 0.844. The minimum atomic E-state index is -0.119. The van der Waals surface area contributed by atoms with E-state index in [1.165, 1.54) is 0 Å². The van der Waals surface area contributed by atoms with Gasteiger partial charge >= 0.3 is 0 Å². The molecule has 90 valence electrons. The lowest BCUT2D eigenvalue weighted by atomic mass is 10.1. The van der Waals surface area contributed by atoms with Gasteiger partial charge in [-0.2, -0.15) is 5.10 Å². The fraction of sp³-hybridized carbons (Fsp3) is 0.308. The summed E-state index contributed by atoms with van der Waals surface area (Å²) in [7, 11) is 1.90. The zero-order valence-corrected chi connectivity index (χ0v) is 10.1. The van der Waals surface area contributed by atoms with Crippen molar-refractivity contribution >= 4 is 5.69 Å². The van der Waals surface area contributed by atoms with Gasteiger partial charge in [-0.3, -0.25) is 4.68 Å². The zero-order valence-electron chi connectivity index (χ0n) is 10.1. The van der Waals surface area contributed by atoms with Crippen molar-refractivity contribution in [2.75, 3.05) is 11.9 Å². The number of aliphatic hydroxyl groups is 1. The van der Waals surface area contributed by atoms with Gasteiger partial charge in [0.05, 0.1) is 18.8 Å². The summed E-state index contributed by atoms with van der Waals surface area (Å²) in [6, 6.07) is 9.74. The Bertz CT molecular complexity index is 479. The Morgan fingerprint density at radius 1 is 1.35 bits per heavy atom. The maximum Gasteiger partial charge on any atom is 0.0778 e. The fourth-order valence-electron chi connectivity index (χ4n) is 1.82. The van der Waals surface area contributed by atoms with Gasteiger partial charge in [-0.1, -0.05) is 18.2 Å². The van der Waals surface area contributed by atoms with E-state index in [2.05, 4.69) is 10.4 Å². The number of para-hydroxylation sites is 1. The number of anilines is 1. The van der Waals surface area contributed by atoms with E-state index in [1.807, 2.05) is 49.0 Å². The van der Waals surface area contributed by atoms with Gasteiger partial charge in [-0.25, -0.2) is 0 Å². The van der Waals surface area contributed by atoms with Gasteiger partial charge in [-0.15, -0.1) is 0 Å². The Balaban J connectivity index is 2.20. The highest BCUT2D eigenvalue weighted by atomic mass is 16.3. The standard InChI is InChI=1S/C13H17N3O/c1-10-12(8-14-16(10)2)13(9-17)15-11-6-4-3-5-7-11/h3-8,13,15,17H,9H2,1-2H3. The van der Waals surface area contributed by atoms with Crippen molar-refractivity contribution in [1.29, 1.82) is 0 Å². The summed E-state index contributed by atoms with van der Waals surface area (Å²) in [6.45, 7) is 2.04. The number of aliphatic hydroxyl groups excluding tert-OH is 1. The first-order chi connectivity index (χ1) is 8.22. The zero-order chi connectivity index (χ0) is 12.3. The molecule has 1 aromatic heterocycles. The van der Waals surface area contributed by atoms with E-state index in [1.54, 1.807) is 6.20 Å². The number of nitrogens with one attached hydrogen (secondary N) is 1. The van der Waals surface area contributed by atoms with Crippen LogP contribution in [0.2, 0.25) is 0 Å². The van der Waals surface area contributed by atoms with E-state index in [4.69, 9.17) is 0 Å². The maximum atomic E-state index is 9.47. The Labute approximate surface area is 101 Å². The molecule has 1 aromatic carbocycles. The fourth-order valence-corrected chi connectivity index (χ4v) is 1.82. The normalized spacial score (nSPS) is 12.4. The third kappa shape index (κ3) is 2.47. The minimum absolute atomic E-state index is 0.0431. The van der Waals surface area contributed by atoms with Crippen LogP contribution in [0.4, 0.5) is 5.69 Å². The summed E-state index contributed by atoms with van der Waals surface area (Å²) in [6.07, 6.45) is 1.80. The summed E-state index contributed by atoms with van der Waals surface area (Å²) in [5.74, 6) is 0. The van der Waals surface area contributed by atoms with Crippen LogP contribution in [0.5, 0.6) is 0 Å². The minimum Gasteiger partial charge on any atom is -0.394 e. The van der Waals surface area contributed by atoms with Gasteiger partial charge in [0.15, 0.2) is 0 Å². The highest BCUT2D eigenvalue weighted by molar-refractivity contribution is 5.45. The van der Waals surface area contributed by atoms with Crippen molar-refractivity contribution < 1.29 is 5.11 Å². The van der Waals surface area contributed by atoms with E-state index in [9.17, 15) is 5.11 Å². The van der Waals surface area contributed by atoms with Gasteiger partial charge in [0, 0.05) is 24.0 Å². The van der Waals surface area contributed by atoms with Crippen molar-refractivity contribution in [3.63, 3.8) is 0 Å². The Hall–Kier alpha value is -1.81. The number of hydrogen-bond donors (Lipinski definition) is 2. The summed E-state index contributed by atoms with van der Waals surface area (Å²) in [4.78, 5) is 0. The Kier molecular flexibility index (Phi) is 3.44. The first-order valence-electron chi connectivity index (χ1n) is 5.63. The van der Waals surface area contributed by atoms with E-state index in [0.29, 0.717) is 0 Å². The molecule has 0 fully saturated rings. The predicted octanol–water partition coefficient (Wildman–Crippen LogP) is 1.87. The summed E-state index contributed by atoms with van der Waals surface area (Å²) in [5, 5.41) is 17.0. The molecule has 17 heavy (non-hydrogen) atoms. The molecule has 0 spiro atoms. The average Bonchev–Trinajstić information content (AvgIpc) is 2.69. The molecule has 0 aliphatic carbocycles. The lowest BCUT2D eigenvalue weighted by Crippen LogP contribution is -2.15. The van der Waals surface area contributed by atoms with Crippen molar-refractivity contribution in [1.82, 2.24) is 9.78 Å². The van der Waals surface area contributed by atoms with Crippen molar-refractivity contribution in [2.45, 2.75) is 13.0 Å². The van der Waals surface area contributed by atoms with Crippen LogP contribution in [0.25, 0.3) is 0 Å². The van der Waals surface area contributed by atoms with E-state index < -0.39 is 0 Å². The molecular weight excluding hydrogens is 214 g/mol. The van der Waals surface area contributed by atoms with Gasteiger partial charge in [0.25, 0.3) is 0 Å². The van der Waals surface area contributed by atoms with Crippen LogP contribution >= 0.6 is 0 Å². The van der Waals surface area contributed by atoms with Crippen LogP contribution in [-0.2, 0) is 7.05 Å². The molecule has 0 saturated heterocycles. The highest BCUT2D eigenvalue weighted by Crippen LogP contribution is 2.21. The molecule has 0 amide bonds. The summed E-state index contributed by atoms with van der Waals surface area (Å²) < 4.78 is 1.81. The second kappa shape index (κ2) is 5.01. The van der Waals surface area contributed by atoms with Crippen LogP contribution in [0.15, 0.2) is 36.5 Å². The molecule has 1 unspecified atom stereocenters. The lowest BCUT2D eigenvalue weighted by Gasteiger charge is -2.17. The van der Waals surface area contributed by atoms with E-state index >= 15 is 0 Å². The molecular formula is C13H17N3O. The molecule has 4 nitrogen and oxygen atoms in total. The van der Waals surface area contributed by atoms with Crippen LogP contribution < -0.4 is 5.32 Å². The molecule has 4 heteroatoms. The molecule has 0 saturated carbocycles. The van der Waals surface area contributed by atoms with Crippen molar-refractivity contribution in [3.05, 3.63) is 47.8 Å². The van der Waals surface area contributed by atoms with Crippen LogP contribution in [0.3, 0.4) is 0 Å². The molecule has 2 aromatic rings. The molecule has 2 rings (SSSR count). The number of hydrogen-bond acceptors (Lipinski definition) is 3. The molecule has 0 bridgehead atoms. The third-order valence-electron chi connectivity index (χ3n) is 2.95. The van der Waals surface area contributed by atoms with E-state index in [0.717, 1.165) is 16.9 Å². The summed E-state index contributed by atoms with van der Waals surface area (Å²) >= 11 is 0. The van der Waals surface area contributed by atoms with Crippen molar-refractivity contribution in [2.24, 2.45) is 7.05 Å². The molecule has 0 aliphatic rings. The molecule has 0 aliphatic heterocycles. The average molecular weight is 231 g/mol. The summed E-state index contributed by atoms with van der Waals surface area (Å²) in [5.41, 5.74) is 3.08. The SMILES string of the molecule is Cc1c(C(CO)Nc2ccccc2)cnn1C. The van der Waals surface area contributed by atoms with Crippen LogP contribution in [0.1, 0.15) is 17.3 Å². The largest absolute Gasteiger partial charge is 0.394 e. The maximum absolute atomic E-state index is 9.47. The lowest BCUT2D eigenvalue weighted by molar-refractivity contribution is 0.276. The molecule has 1 atom stereocenters. The Morgan fingerprint density at radius 2 is 2.06 bits per heavy atom. The highest BCUT2D eigenvalue weighted by Gasteiger charge is 2.15. The Morgan fingerprint density at radius 3 is 2.59 bits per heavy atom. The van der Waals surface area contributed by atoms with E-state index in [-0.39, 0.29) is 12.6 Å². The first kappa shape index (κ1) is 11.7. The van der Waals surface area contributed by atoms with Gasteiger partial charge in [-0.05, 0) is 19.1 Å². The first-order valence-corrected chi connectivity index (χ1v) is 5.63. The number of aryl methyl sites for hydroxylation is 1. The monoisotopic (exact) mass is 231 g/mol. The second-order valence-corrected chi connectivity index (χ2v) is 4.05. The number of aromatic nitrogens is 2. The van der Waals surface area contributed by atoms with Gasteiger partial charge < -0.3 is 10.4 Å². The molecule has 0 radical (unpaired) electrons. The van der Waals surface area contributed by atoms with Gasteiger partial charge in [0.1, 0.15) is 0 Å². The molecule has 2 N–H and O–H groups in total. The topological polar surface area (TPSA) is 50.1 Å². The second-order valence-electron chi connectivity index (χ2n) is 4.05. The van der Waals surface area contributed by atoms with Crippen LogP contribution in [-0.4, -0.2) is 21.5 Å². The van der Waals surface area contributed by atoms with Crippen LogP contribution in [0, 0.1) is 6.92 Å². The molecule has 1 heterocycles. The number of nitrogens with zero attached hydrogens (tertiary/aromatic N) is 2. The predicted molar refractivity (Wildman–Crippen MR) is 67.8 cm³/mol. The third-order valence-corrected chi connectivity index (χ3v) is 2.95. The number of rotatable bonds is 4. The van der Waals surface area contributed by atoms with Gasteiger partial charge in [0.2, 0.25) is 0 Å². The van der Waals surface area contributed by atoms with Crippen molar-refractivity contribution in [3.8, 4) is 0 Å². The number of benzene rings is 1. The smallest absolute Gasteiger partial charge is 0.0778 e.